The van der Waals surface area contributed by atoms with Crippen molar-refractivity contribution in [2.45, 2.75) is 41.5 Å². The molecule has 0 bridgehead atoms. The molecule has 0 saturated heterocycles. The summed E-state index contributed by atoms with van der Waals surface area (Å²) in [6.07, 6.45) is -3.26. The van der Waals surface area contributed by atoms with Gasteiger partial charge in [-0.15, -0.1) is 0 Å². The van der Waals surface area contributed by atoms with Gasteiger partial charge in [0, 0.05) is 39.3 Å². The zero-order valence-corrected chi connectivity index (χ0v) is 18.5. The van der Waals surface area contributed by atoms with Crippen molar-refractivity contribution in [1.82, 2.24) is 14.7 Å². The van der Waals surface area contributed by atoms with Gasteiger partial charge in [-0.25, -0.2) is 0 Å². The third kappa shape index (κ3) is 18.8. The van der Waals surface area contributed by atoms with E-state index in [-0.39, 0.29) is 24.4 Å². The van der Waals surface area contributed by atoms with Gasteiger partial charge in [-0.2, -0.15) is 0 Å². The molecule has 2 radical (unpaired) electrons. The van der Waals surface area contributed by atoms with Crippen LogP contribution in [-0.4, -0.2) is 96.7 Å². The molecule has 0 aromatic rings. The Balaban J connectivity index is -0.000000130. The maximum atomic E-state index is 9.98. The summed E-state index contributed by atoms with van der Waals surface area (Å²) in [6, 6.07) is 0. The Morgan fingerprint density at radius 1 is 0.520 bits per heavy atom. The average Bonchev–Trinajstić information content (AvgIpc) is 2.51. The summed E-state index contributed by atoms with van der Waals surface area (Å²) in [4.78, 5) is 33.6. The molecule has 0 fully saturated rings. The van der Waals surface area contributed by atoms with Crippen LogP contribution in [0.15, 0.2) is 0 Å². The van der Waals surface area contributed by atoms with Crippen LogP contribution in [0.1, 0.15) is 41.5 Å². The van der Waals surface area contributed by atoms with Gasteiger partial charge in [0.05, 0.1) is 0 Å². The molecule has 10 heteroatoms. The van der Waals surface area contributed by atoms with Crippen molar-refractivity contribution in [3.8, 4) is 0 Å². The smallest absolute Gasteiger partial charge is 0.530 e. The largest absolute Gasteiger partial charge is 3.00 e. The van der Waals surface area contributed by atoms with Gasteiger partial charge in [0.15, 0.2) is 0 Å². The molecule has 3 amide bonds. The molecule has 0 aliphatic heterocycles. The molecule has 0 aliphatic rings. The molecule has 9 nitrogen and oxygen atoms in total. The van der Waals surface area contributed by atoms with E-state index < -0.39 is 18.3 Å². The number of carbonyl (C=O) groups is 3. The zero-order chi connectivity index (χ0) is 19.7. The summed E-state index contributed by atoms with van der Waals surface area (Å²) in [7, 11) is 0. The topological polar surface area (TPSA) is 130 Å². The monoisotopic (exact) mass is 469 g/mol. The number of carboxylic acid groups (broad SMARTS) is 3. The summed E-state index contributed by atoms with van der Waals surface area (Å²) in [5.41, 5.74) is 0. The molecule has 0 heterocycles. The van der Waals surface area contributed by atoms with Crippen molar-refractivity contribution < 1.29 is 29.7 Å². The quantitative estimate of drug-likeness (QED) is 0.441. The van der Waals surface area contributed by atoms with Crippen LogP contribution in [-0.2, 0) is 0 Å². The summed E-state index contributed by atoms with van der Waals surface area (Å²) in [5, 5.41) is 29.9. The summed E-state index contributed by atoms with van der Waals surface area (Å²) >= 11 is 0. The van der Waals surface area contributed by atoms with Gasteiger partial charge in [0.2, 0.25) is 0 Å². The van der Waals surface area contributed by atoms with E-state index in [0.717, 1.165) is 0 Å². The normalized spacial score (nSPS) is 8.40. The number of amides is 3. The molecule has 0 unspecified atom stereocenters. The van der Waals surface area contributed by atoms with E-state index in [1.165, 1.54) is 14.7 Å². The van der Waals surface area contributed by atoms with Crippen molar-refractivity contribution in [2.24, 2.45) is 0 Å². The van der Waals surface area contributed by atoms with Crippen molar-refractivity contribution in [3.05, 3.63) is 0 Å². The van der Waals surface area contributed by atoms with E-state index in [2.05, 4.69) is 0 Å². The maximum absolute atomic E-state index is 9.98. The predicted molar refractivity (Wildman–Crippen MR) is 90.7 cm³/mol. The first kappa shape index (κ1) is 31.4. The fraction of sp³-hybridized carbons (Fsp3) is 0.800. The Hall–Kier alpha value is -1.37. The van der Waals surface area contributed by atoms with Gasteiger partial charge in [-0.3, -0.25) is 0 Å². The van der Waals surface area contributed by atoms with Crippen molar-refractivity contribution in [1.29, 1.82) is 0 Å². The SMILES string of the molecule is CCN(CC)C(=O)[O-].CCN(CC)C(=O)[O-].CCN(CC)C(=O)[O-].[Sb+3]. The summed E-state index contributed by atoms with van der Waals surface area (Å²) in [5.74, 6) is 0. The minimum Gasteiger partial charge on any atom is -0.530 e. The summed E-state index contributed by atoms with van der Waals surface area (Å²) < 4.78 is 0. The molecule has 146 valence electrons. The van der Waals surface area contributed by atoms with Crippen LogP contribution >= 0.6 is 0 Å². The minimum absolute atomic E-state index is 0. The van der Waals surface area contributed by atoms with E-state index in [1.54, 1.807) is 41.5 Å². The van der Waals surface area contributed by atoms with E-state index in [1.807, 2.05) is 0 Å². The number of carbonyl (C=O) groups excluding carboxylic acids is 3. The fourth-order valence-corrected chi connectivity index (χ4v) is 1.45. The third-order valence-corrected chi connectivity index (χ3v) is 3.06. The number of rotatable bonds is 6. The molecular weight excluding hydrogens is 440 g/mol. The van der Waals surface area contributed by atoms with Crippen LogP contribution in [0.25, 0.3) is 0 Å². The molecule has 0 saturated carbocycles. The molecule has 0 N–H and O–H groups in total. The van der Waals surface area contributed by atoms with Gasteiger partial charge in [0.1, 0.15) is 18.3 Å². The Morgan fingerprint density at radius 2 is 0.640 bits per heavy atom. The van der Waals surface area contributed by atoms with Crippen molar-refractivity contribution >= 4 is 42.7 Å². The minimum atomic E-state index is -1.09. The number of nitrogens with zero attached hydrogens (tertiary/aromatic N) is 3. The zero-order valence-electron chi connectivity index (χ0n) is 16.0. The van der Waals surface area contributed by atoms with Crippen LogP contribution in [0.4, 0.5) is 14.4 Å². The fourth-order valence-electron chi connectivity index (χ4n) is 1.45. The molecule has 25 heavy (non-hydrogen) atoms. The average molecular weight is 470 g/mol. The van der Waals surface area contributed by atoms with Crippen LogP contribution in [0.3, 0.4) is 0 Å². The van der Waals surface area contributed by atoms with E-state index in [0.29, 0.717) is 39.3 Å². The first-order valence-corrected chi connectivity index (χ1v) is 8.04. The second-order valence-corrected chi connectivity index (χ2v) is 4.31. The molecule has 0 aliphatic carbocycles. The van der Waals surface area contributed by atoms with Crippen molar-refractivity contribution in [2.75, 3.05) is 39.3 Å². The second-order valence-electron chi connectivity index (χ2n) is 4.31. The Kier molecular flexibility index (Phi) is 26.0. The van der Waals surface area contributed by atoms with Crippen LogP contribution in [0.5, 0.6) is 0 Å². The van der Waals surface area contributed by atoms with Gasteiger partial charge in [-0.05, 0) is 41.5 Å². The van der Waals surface area contributed by atoms with Crippen molar-refractivity contribution in [3.63, 3.8) is 0 Å². The second kappa shape index (κ2) is 20.7. The van der Waals surface area contributed by atoms with E-state index >= 15 is 0 Å². The molecule has 0 rings (SSSR count). The van der Waals surface area contributed by atoms with Gasteiger partial charge in [0.25, 0.3) is 0 Å². The van der Waals surface area contributed by atoms with Gasteiger partial charge < -0.3 is 44.4 Å². The first-order valence-electron chi connectivity index (χ1n) is 8.04. The number of hydrogen-bond donors (Lipinski definition) is 0. The third-order valence-electron chi connectivity index (χ3n) is 3.06. The standard InChI is InChI=1S/3C5H11NO2.Sb/c3*1-3-6(4-2)5(7)8;/h3*3-4H2,1-2H3,(H,7,8);/q;;;+3/p-3. The van der Waals surface area contributed by atoms with Gasteiger partial charge >= 0.3 is 24.4 Å². The van der Waals surface area contributed by atoms with Crippen LogP contribution in [0, 0.1) is 0 Å². The molecule has 0 atom stereocenters. The van der Waals surface area contributed by atoms with Crippen LogP contribution < -0.4 is 15.3 Å². The van der Waals surface area contributed by atoms with E-state index in [9.17, 15) is 29.7 Å². The Labute approximate surface area is 168 Å². The Bertz CT molecular complexity index is 294. The first-order chi connectivity index (χ1) is 11.2. The number of hydrogen-bond acceptors (Lipinski definition) is 6. The van der Waals surface area contributed by atoms with E-state index in [4.69, 9.17) is 0 Å². The van der Waals surface area contributed by atoms with Crippen LogP contribution in [0.2, 0.25) is 0 Å². The molecule has 0 aromatic heterocycles. The maximum Gasteiger partial charge on any atom is 3.00 e. The molecule has 0 spiro atoms. The predicted octanol–water partition coefficient (Wildman–Crippen LogP) is -1.37. The Morgan fingerprint density at radius 3 is 0.640 bits per heavy atom. The van der Waals surface area contributed by atoms with Gasteiger partial charge in [-0.1, -0.05) is 0 Å². The molecular formula is C15H30N3O6Sb. The summed E-state index contributed by atoms with van der Waals surface area (Å²) in [6.45, 7) is 13.7. The molecule has 0 aromatic carbocycles.